The van der Waals surface area contributed by atoms with Crippen LogP contribution in [0.1, 0.15) is 5.56 Å². The van der Waals surface area contributed by atoms with Crippen molar-refractivity contribution in [3.63, 3.8) is 0 Å². The summed E-state index contributed by atoms with van der Waals surface area (Å²) in [5.74, 6) is -2.38. The van der Waals surface area contributed by atoms with Gasteiger partial charge in [-0.1, -0.05) is 12.1 Å². The third-order valence-corrected chi connectivity index (χ3v) is 3.79. The average molecular weight is 436 g/mol. The van der Waals surface area contributed by atoms with Crippen LogP contribution in [0.15, 0.2) is 54.6 Å². The monoisotopic (exact) mass is 436 g/mol. The molecule has 0 saturated heterocycles. The van der Waals surface area contributed by atoms with Gasteiger partial charge in [0.15, 0.2) is 6.61 Å². The molecule has 164 valence electrons. The van der Waals surface area contributed by atoms with E-state index in [-0.39, 0.29) is 12.3 Å². The Bertz CT molecular complexity index is 931. The first-order valence-electron chi connectivity index (χ1n) is 8.92. The average Bonchev–Trinajstić information content (AvgIpc) is 2.72. The van der Waals surface area contributed by atoms with Crippen LogP contribution in [-0.4, -0.2) is 49.5 Å². The third kappa shape index (κ3) is 8.60. The maximum Gasteiger partial charge on any atom is 0.387 e. The van der Waals surface area contributed by atoms with Crippen molar-refractivity contribution >= 4 is 29.5 Å². The Morgan fingerprint density at radius 3 is 2.32 bits per heavy atom. The van der Waals surface area contributed by atoms with Gasteiger partial charge in [0.1, 0.15) is 11.6 Å². The maximum absolute atomic E-state index is 12.9. The summed E-state index contributed by atoms with van der Waals surface area (Å²) in [6, 6.07) is 10.7. The molecular weight excluding hydrogens is 417 g/mol. The van der Waals surface area contributed by atoms with Crippen molar-refractivity contribution in [2.24, 2.45) is 0 Å². The topological polar surface area (TPSA) is 84.9 Å². The van der Waals surface area contributed by atoms with E-state index in [1.165, 1.54) is 61.7 Å². The molecule has 0 aliphatic heterocycles. The molecule has 0 aromatic heterocycles. The lowest BCUT2D eigenvalue weighted by molar-refractivity contribution is -0.148. The number of anilines is 1. The smallest absolute Gasteiger partial charge is 0.387 e. The second kappa shape index (κ2) is 11.4. The highest BCUT2D eigenvalue weighted by Gasteiger charge is 2.14. The fraction of sp³-hybridized carbons (Fsp3) is 0.190. The summed E-state index contributed by atoms with van der Waals surface area (Å²) >= 11 is 0. The number of hydrogen-bond donors (Lipinski definition) is 1. The van der Waals surface area contributed by atoms with Gasteiger partial charge in [-0.2, -0.15) is 8.78 Å². The summed E-state index contributed by atoms with van der Waals surface area (Å²) in [6.45, 7) is -3.80. The van der Waals surface area contributed by atoms with Gasteiger partial charge in [-0.05, 0) is 48.0 Å². The Kier molecular flexibility index (Phi) is 8.62. The molecule has 0 radical (unpaired) electrons. The van der Waals surface area contributed by atoms with Gasteiger partial charge in [0, 0.05) is 18.8 Å². The first-order chi connectivity index (χ1) is 14.7. The van der Waals surface area contributed by atoms with Gasteiger partial charge in [-0.25, -0.2) is 9.18 Å². The van der Waals surface area contributed by atoms with Gasteiger partial charge >= 0.3 is 12.6 Å². The van der Waals surface area contributed by atoms with Gasteiger partial charge in [0.25, 0.3) is 5.91 Å². The van der Waals surface area contributed by atoms with Gasteiger partial charge in [-0.3, -0.25) is 9.59 Å². The molecular formula is C21H19F3N2O5. The number of ether oxygens (including phenoxy) is 2. The minimum Gasteiger partial charge on any atom is -0.452 e. The molecule has 0 bridgehead atoms. The predicted octanol–water partition coefficient (Wildman–Crippen LogP) is 3.08. The summed E-state index contributed by atoms with van der Waals surface area (Å²) in [7, 11) is 1.36. The van der Waals surface area contributed by atoms with Crippen LogP contribution in [0.3, 0.4) is 0 Å². The summed E-state index contributed by atoms with van der Waals surface area (Å²) in [4.78, 5) is 36.7. The minimum absolute atomic E-state index is 0.0215. The van der Waals surface area contributed by atoms with Crippen LogP contribution in [0.2, 0.25) is 0 Å². The van der Waals surface area contributed by atoms with Crippen molar-refractivity contribution in [3.8, 4) is 5.75 Å². The number of nitrogens with one attached hydrogen (secondary N) is 1. The number of esters is 1. The Morgan fingerprint density at radius 2 is 1.71 bits per heavy atom. The quantitative estimate of drug-likeness (QED) is 0.483. The first kappa shape index (κ1) is 23.5. The Hall–Kier alpha value is -3.82. The van der Waals surface area contributed by atoms with Gasteiger partial charge in [0.2, 0.25) is 5.91 Å². The summed E-state index contributed by atoms with van der Waals surface area (Å²) in [5, 5.41) is 2.50. The van der Waals surface area contributed by atoms with Crippen LogP contribution in [0, 0.1) is 5.82 Å². The zero-order valence-corrected chi connectivity index (χ0v) is 16.4. The van der Waals surface area contributed by atoms with Crippen molar-refractivity contribution in [1.82, 2.24) is 4.90 Å². The molecule has 2 aromatic carbocycles. The second-order valence-electron chi connectivity index (χ2n) is 6.19. The van der Waals surface area contributed by atoms with E-state index in [0.717, 1.165) is 11.0 Å². The highest BCUT2D eigenvalue weighted by Crippen LogP contribution is 2.15. The predicted molar refractivity (Wildman–Crippen MR) is 106 cm³/mol. The van der Waals surface area contributed by atoms with E-state index in [9.17, 15) is 27.6 Å². The fourth-order valence-corrected chi connectivity index (χ4v) is 2.25. The summed E-state index contributed by atoms with van der Waals surface area (Å²) in [5.41, 5.74) is 0.900. The maximum atomic E-state index is 12.9. The van der Waals surface area contributed by atoms with Crippen molar-refractivity contribution in [2.75, 3.05) is 25.5 Å². The van der Waals surface area contributed by atoms with E-state index in [2.05, 4.69) is 10.1 Å². The van der Waals surface area contributed by atoms with Crippen LogP contribution in [-0.2, 0) is 19.1 Å². The van der Waals surface area contributed by atoms with Crippen LogP contribution in [0.5, 0.6) is 5.75 Å². The second-order valence-corrected chi connectivity index (χ2v) is 6.19. The number of halogens is 3. The molecule has 31 heavy (non-hydrogen) atoms. The SMILES string of the molecule is CN(CC(=O)Nc1ccc(F)cc1)C(=O)COC(=O)/C=C/c1ccc(OC(F)F)cc1. The van der Waals surface area contributed by atoms with E-state index in [4.69, 9.17) is 4.74 Å². The van der Waals surface area contributed by atoms with Crippen molar-refractivity contribution in [1.29, 1.82) is 0 Å². The standard InChI is InChI=1S/C21H19F3N2O5/c1-26(12-18(27)25-16-7-5-15(22)6-8-16)19(28)13-30-20(29)11-4-14-2-9-17(10-3-14)31-21(23)24/h2-11,21H,12-13H2,1H3,(H,25,27)/b11-4+. The molecule has 1 N–H and O–H groups in total. The largest absolute Gasteiger partial charge is 0.452 e. The molecule has 10 heteroatoms. The lowest BCUT2D eigenvalue weighted by Crippen LogP contribution is -2.37. The molecule has 0 aliphatic rings. The summed E-state index contributed by atoms with van der Waals surface area (Å²) < 4.78 is 46.1. The molecule has 0 heterocycles. The first-order valence-corrected chi connectivity index (χ1v) is 8.92. The number of likely N-dealkylation sites (N-methyl/N-ethyl adjacent to an activating group) is 1. The van der Waals surface area contributed by atoms with Crippen LogP contribution < -0.4 is 10.1 Å². The van der Waals surface area contributed by atoms with Crippen LogP contribution in [0.4, 0.5) is 18.9 Å². The highest BCUT2D eigenvalue weighted by atomic mass is 19.3. The zero-order valence-electron chi connectivity index (χ0n) is 16.4. The van der Waals surface area contributed by atoms with Crippen molar-refractivity contribution in [2.45, 2.75) is 6.61 Å². The van der Waals surface area contributed by atoms with Crippen LogP contribution in [0.25, 0.3) is 6.08 Å². The van der Waals surface area contributed by atoms with Gasteiger partial charge < -0.3 is 19.7 Å². The molecule has 2 aromatic rings. The Morgan fingerprint density at radius 1 is 1.06 bits per heavy atom. The molecule has 2 amide bonds. The van der Waals surface area contributed by atoms with E-state index in [1.54, 1.807) is 0 Å². The Balaban J connectivity index is 1.74. The molecule has 7 nitrogen and oxygen atoms in total. The number of benzene rings is 2. The number of hydrogen-bond acceptors (Lipinski definition) is 5. The molecule has 2 rings (SSSR count). The molecule has 0 unspecified atom stereocenters. The minimum atomic E-state index is -2.93. The number of alkyl halides is 2. The lowest BCUT2D eigenvalue weighted by Gasteiger charge is -2.16. The third-order valence-electron chi connectivity index (χ3n) is 3.79. The molecule has 0 aliphatic carbocycles. The summed E-state index contributed by atoms with van der Waals surface area (Å²) in [6.07, 6.45) is 2.44. The molecule has 0 atom stereocenters. The van der Waals surface area contributed by atoms with Crippen molar-refractivity contribution in [3.05, 3.63) is 66.0 Å². The van der Waals surface area contributed by atoms with Gasteiger partial charge in [0.05, 0.1) is 6.54 Å². The van der Waals surface area contributed by atoms with E-state index >= 15 is 0 Å². The number of carbonyl (C=O) groups is 3. The van der Waals surface area contributed by atoms with Gasteiger partial charge in [-0.15, -0.1) is 0 Å². The van der Waals surface area contributed by atoms with Crippen molar-refractivity contribution < 1.29 is 37.0 Å². The zero-order chi connectivity index (χ0) is 22.8. The normalized spacial score (nSPS) is 10.7. The number of carbonyl (C=O) groups excluding carboxylic acids is 3. The fourth-order valence-electron chi connectivity index (χ4n) is 2.25. The van der Waals surface area contributed by atoms with E-state index in [1.807, 2.05) is 0 Å². The molecule has 0 saturated carbocycles. The number of nitrogens with zero attached hydrogens (tertiary/aromatic N) is 1. The number of amides is 2. The number of rotatable bonds is 9. The lowest BCUT2D eigenvalue weighted by atomic mass is 10.2. The van der Waals surface area contributed by atoms with E-state index in [0.29, 0.717) is 11.3 Å². The van der Waals surface area contributed by atoms with Crippen LogP contribution >= 0.6 is 0 Å². The molecule has 0 fully saturated rings. The van der Waals surface area contributed by atoms with E-state index < -0.39 is 36.8 Å². The molecule has 0 spiro atoms. The Labute approximate surface area is 176 Å². The highest BCUT2D eigenvalue weighted by molar-refractivity contribution is 5.95.